The van der Waals surface area contributed by atoms with Gasteiger partial charge in [0.25, 0.3) is 0 Å². The minimum atomic E-state index is 0.320. The van der Waals surface area contributed by atoms with Crippen molar-refractivity contribution in [3.8, 4) is 0 Å². The number of ether oxygens (including phenoxy) is 1. The summed E-state index contributed by atoms with van der Waals surface area (Å²) < 4.78 is 4.55. The summed E-state index contributed by atoms with van der Waals surface area (Å²) in [5.41, 5.74) is 2.31. The van der Waals surface area contributed by atoms with Crippen LogP contribution in [0.3, 0.4) is 0 Å². The van der Waals surface area contributed by atoms with Gasteiger partial charge in [0, 0.05) is 0 Å². The van der Waals surface area contributed by atoms with Crippen LogP contribution in [0.5, 0.6) is 0 Å². The van der Waals surface area contributed by atoms with E-state index in [0.29, 0.717) is 6.61 Å². The van der Waals surface area contributed by atoms with E-state index in [4.69, 9.17) is 0 Å². The van der Waals surface area contributed by atoms with Crippen LogP contribution in [0.1, 0.15) is 24.5 Å². The minimum absolute atomic E-state index is 0.320. The molecule has 0 fully saturated rings. The van der Waals surface area contributed by atoms with Gasteiger partial charge >= 0.3 is 6.47 Å². The van der Waals surface area contributed by atoms with Crippen LogP contribution < -0.4 is 0 Å². The fourth-order valence-corrected chi connectivity index (χ4v) is 1.28. The molecule has 0 spiro atoms. The molecule has 0 saturated heterocycles. The summed E-state index contributed by atoms with van der Waals surface area (Å²) in [5, 5.41) is 0. The molecule has 69 valence electrons. The average Bonchev–Trinajstić information content (AvgIpc) is 2.16. The van der Waals surface area contributed by atoms with E-state index in [1.807, 2.05) is 12.1 Å². The third-order valence-corrected chi connectivity index (χ3v) is 1.83. The highest BCUT2D eigenvalue weighted by Crippen LogP contribution is 2.08. The van der Waals surface area contributed by atoms with Crippen molar-refractivity contribution in [2.24, 2.45) is 0 Å². The Morgan fingerprint density at radius 3 is 2.85 bits per heavy atom. The summed E-state index contributed by atoms with van der Waals surface area (Å²) in [5.74, 6) is 0. The first-order chi connectivity index (χ1) is 6.36. The molecule has 0 atom stereocenters. The van der Waals surface area contributed by atoms with Gasteiger partial charge in [0.15, 0.2) is 0 Å². The number of rotatable bonds is 5. The molecule has 0 unspecified atom stereocenters. The molecule has 0 amide bonds. The van der Waals surface area contributed by atoms with E-state index in [9.17, 15) is 4.79 Å². The number of carbonyl (C=O) groups excluding carboxylic acids is 1. The fraction of sp³-hybridized carbons (Fsp3) is 0.364. The Kier molecular flexibility index (Phi) is 4.03. The van der Waals surface area contributed by atoms with Crippen LogP contribution in [-0.4, -0.2) is 6.47 Å². The molecule has 0 aliphatic heterocycles. The Labute approximate surface area is 78.5 Å². The standard InChI is InChI=1S/C11H13O2/c1-2-4-10-5-3-6-11(7-10)8-13-9-12/h3,5-7H,2,4,8H2,1H3. The lowest BCUT2D eigenvalue weighted by molar-refractivity contribution is 0.267. The second kappa shape index (κ2) is 5.36. The molecule has 1 aromatic carbocycles. The van der Waals surface area contributed by atoms with Crippen LogP contribution in [-0.2, 0) is 22.6 Å². The van der Waals surface area contributed by atoms with Crippen molar-refractivity contribution in [3.63, 3.8) is 0 Å². The monoisotopic (exact) mass is 177 g/mol. The van der Waals surface area contributed by atoms with E-state index in [1.165, 1.54) is 12.0 Å². The van der Waals surface area contributed by atoms with Gasteiger partial charge in [-0.15, -0.1) is 0 Å². The summed E-state index contributed by atoms with van der Waals surface area (Å²) in [4.78, 5) is 9.84. The molecule has 2 heteroatoms. The van der Waals surface area contributed by atoms with Crippen LogP contribution in [0.2, 0.25) is 0 Å². The zero-order valence-electron chi connectivity index (χ0n) is 7.75. The Balaban J connectivity index is 2.61. The highest BCUT2D eigenvalue weighted by molar-refractivity contribution is 5.38. The molecule has 1 aromatic rings. The number of aryl methyl sites for hydroxylation is 1. The molecule has 1 rings (SSSR count). The molecule has 0 heterocycles. The summed E-state index contributed by atoms with van der Waals surface area (Å²) in [7, 11) is 0. The summed E-state index contributed by atoms with van der Waals surface area (Å²) in [6.07, 6.45) is 2.20. The number of hydrogen-bond acceptors (Lipinski definition) is 2. The molecule has 1 radical (unpaired) electrons. The van der Waals surface area contributed by atoms with Gasteiger partial charge < -0.3 is 4.74 Å². The number of benzene rings is 1. The molecule has 0 N–H and O–H groups in total. The lowest BCUT2D eigenvalue weighted by Crippen LogP contribution is -1.91. The van der Waals surface area contributed by atoms with Crippen LogP contribution in [0.15, 0.2) is 24.3 Å². The smallest absolute Gasteiger partial charge is 0.417 e. The highest BCUT2D eigenvalue weighted by atomic mass is 16.5. The fourth-order valence-electron chi connectivity index (χ4n) is 1.28. The van der Waals surface area contributed by atoms with Gasteiger partial charge in [-0.05, 0) is 17.5 Å². The van der Waals surface area contributed by atoms with Crippen LogP contribution >= 0.6 is 0 Å². The lowest BCUT2D eigenvalue weighted by Gasteiger charge is -2.02. The molecule has 0 aliphatic carbocycles. The van der Waals surface area contributed by atoms with Gasteiger partial charge in [-0.1, -0.05) is 37.6 Å². The topological polar surface area (TPSA) is 26.3 Å². The van der Waals surface area contributed by atoms with Gasteiger partial charge in [0.1, 0.15) is 6.61 Å². The predicted octanol–water partition coefficient (Wildman–Crippen LogP) is 2.22. The van der Waals surface area contributed by atoms with Crippen molar-refractivity contribution in [3.05, 3.63) is 35.4 Å². The highest BCUT2D eigenvalue weighted by Gasteiger charge is 1.95. The Morgan fingerprint density at radius 2 is 2.15 bits per heavy atom. The van der Waals surface area contributed by atoms with E-state index in [-0.39, 0.29) is 0 Å². The number of hydrogen-bond donors (Lipinski definition) is 0. The summed E-state index contributed by atoms with van der Waals surface area (Å²) in [6, 6.07) is 8.06. The van der Waals surface area contributed by atoms with Crippen LogP contribution in [0.25, 0.3) is 0 Å². The van der Waals surface area contributed by atoms with Crippen molar-refractivity contribution in [1.29, 1.82) is 0 Å². The molecule has 13 heavy (non-hydrogen) atoms. The average molecular weight is 177 g/mol. The largest absolute Gasteiger partial charge is 0.452 e. The van der Waals surface area contributed by atoms with Crippen molar-refractivity contribution < 1.29 is 9.53 Å². The van der Waals surface area contributed by atoms with E-state index in [2.05, 4.69) is 23.8 Å². The molecule has 0 aromatic heterocycles. The Bertz CT molecular complexity index is 269. The van der Waals surface area contributed by atoms with E-state index in [1.54, 1.807) is 0 Å². The first-order valence-electron chi connectivity index (χ1n) is 4.43. The van der Waals surface area contributed by atoms with E-state index in [0.717, 1.165) is 18.4 Å². The summed E-state index contributed by atoms with van der Waals surface area (Å²) in [6.45, 7) is 3.88. The zero-order valence-corrected chi connectivity index (χ0v) is 7.75. The maximum Gasteiger partial charge on any atom is 0.417 e. The lowest BCUT2D eigenvalue weighted by atomic mass is 10.1. The molecule has 2 nitrogen and oxygen atoms in total. The molecular formula is C11H13O2. The Morgan fingerprint density at radius 1 is 1.38 bits per heavy atom. The summed E-state index contributed by atoms with van der Waals surface area (Å²) >= 11 is 0. The molecule has 0 bridgehead atoms. The molecule has 0 saturated carbocycles. The van der Waals surface area contributed by atoms with Crippen molar-refractivity contribution in [2.45, 2.75) is 26.4 Å². The minimum Gasteiger partial charge on any atom is -0.452 e. The van der Waals surface area contributed by atoms with E-state index >= 15 is 0 Å². The van der Waals surface area contributed by atoms with Gasteiger partial charge in [-0.2, -0.15) is 0 Å². The van der Waals surface area contributed by atoms with Crippen LogP contribution in [0.4, 0.5) is 0 Å². The van der Waals surface area contributed by atoms with Gasteiger partial charge in [0.2, 0.25) is 0 Å². The third kappa shape index (κ3) is 3.28. The maximum absolute atomic E-state index is 9.84. The molecular weight excluding hydrogens is 164 g/mol. The van der Waals surface area contributed by atoms with Crippen molar-refractivity contribution >= 4 is 6.47 Å². The van der Waals surface area contributed by atoms with Gasteiger partial charge in [-0.3, -0.25) is 0 Å². The Hall–Kier alpha value is -1.31. The predicted molar refractivity (Wildman–Crippen MR) is 50.9 cm³/mol. The van der Waals surface area contributed by atoms with Gasteiger partial charge in [0.05, 0.1) is 0 Å². The second-order valence-electron chi connectivity index (χ2n) is 2.94. The first-order valence-corrected chi connectivity index (χ1v) is 4.43. The SMILES string of the molecule is CCCc1cccc(CO[C]=O)c1. The molecule has 0 aliphatic rings. The van der Waals surface area contributed by atoms with Crippen molar-refractivity contribution in [2.75, 3.05) is 0 Å². The van der Waals surface area contributed by atoms with Crippen molar-refractivity contribution in [1.82, 2.24) is 0 Å². The first kappa shape index (κ1) is 9.78. The zero-order chi connectivity index (χ0) is 9.52. The third-order valence-electron chi connectivity index (χ3n) is 1.83. The quantitative estimate of drug-likeness (QED) is 0.689. The maximum atomic E-state index is 9.84. The normalized spacial score (nSPS) is 9.62. The van der Waals surface area contributed by atoms with Gasteiger partial charge in [-0.25, -0.2) is 4.79 Å². The van der Waals surface area contributed by atoms with Crippen LogP contribution in [0, 0.1) is 0 Å². The second-order valence-corrected chi connectivity index (χ2v) is 2.94. The van der Waals surface area contributed by atoms with E-state index < -0.39 is 0 Å².